The topological polar surface area (TPSA) is 72.7 Å². The molecule has 0 radical (unpaired) electrons. The van der Waals surface area contributed by atoms with Crippen LogP contribution in [0.3, 0.4) is 0 Å². The van der Waals surface area contributed by atoms with Crippen LogP contribution in [0.25, 0.3) is 0 Å². The molecule has 1 aliphatic carbocycles. The van der Waals surface area contributed by atoms with Crippen molar-refractivity contribution in [1.29, 1.82) is 0 Å². The summed E-state index contributed by atoms with van der Waals surface area (Å²) in [6.07, 6.45) is 5.41. The minimum atomic E-state index is 0.00801. The van der Waals surface area contributed by atoms with Crippen LogP contribution in [0.2, 0.25) is 0 Å². The van der Waals surface area contributed by atoms with Gasteiger partial charge in [-0.05, 0) is 30.4 Å². The highest BCUT2D eigenvalue weighted by molar-refractivity contribution is 7.15. The van der Waals surface area contributed by atoms with Gasteiger partial charge >= 0.3 is 0 Å². The second-order valence-electron chi connectivity index (χ2n) is 6.55. The fourth-order valence-electron chi connectivity index (χ4n) is 2.94. The van der Waals surface area contributed by atoms with E-state index in [-0.39, 0.29) is 17.7 Å². The third-order valence-electron chi connectivity index (χ3n) is 4.45. The number of amides is 1. The molecule has 1 fully saturated rings. The maximum absolute atomic E-state index is 12.4. The van der Waals surface area contributed by atoms with Crippen molar-refractivity contribution in [3.05, 3.63) is 58.4 Å². The predicted octanol–water partition coefficient (Wildman–Crippen LogP) is 2.91. The van der Waals surface area contributed by atoms with Gasteiger partial charge in [-0.2, -0.15) is 5.10 Å². The minimum Gasteiger partial charge on any atom is -0.300 e. The molecule has 0 aliphatic heterocycles. The predicted molar refractivity (Wildman–Crippen MR) is 96.6 cm³/mol. The van der Waals surface area contributed by atoms with Crippen molar-refractivity contribution in [3.63, 3.8) is 0 Å². The van der Waals surface area contributed by atoms with Gasteiger partial charge in [0.2, 0.25) is 11.0 Å². The highest BCUT2D eigenvalue weighted by atomic mass is 32.1. The number of carbonyl (C=O) groups excluding carboxylic acids is 1. The number of aromatic nitrogens is 4. The van der Waals surface area contributed by atoms with Crippen LogP contribution >= 0.6 is 11.3 Å². The zero-order valence-electron chi connectivity index (χ0n) is 14.1. The highest BCUT2D eigenvalue weighted by Crippen LogP contribution is 2.47. The quantitative estimate of drug-likeness (QED) is 0.765. The summed E-state index contributed by atoms with van der Waals surface area (Å²) in [5, 5.41) is 16.8. The molecule has 2 heterocycles. The van der Waals surface area contributed by atoms with Crippen LogP contribution in [-0.2, 0) is 18.3 Å². The molecule has 1 aromatic carbocycles. The Labute approximate surface area is 149 Å². The molecule has 1 aliphatic rings. The van der Waals surface area contributed by atoms with Gasteiger partial charge in [0.15, 0.2) is 0 Å². The fourth-order valence-corrected chi connectivity index (χ4v) is 3.72. The Hall–Kier alpha value is -2.54. The van der Waals surface area contributed by atoms with Crippen molar-refractivity contribution in [1.82, 2.24) is 20.0 Å². The number of hydrogen-bond donors (Lipinski definition) is 1. The Morgan fingerprint density at radius 3 is 2.84 bits per heavy atom. The largest absolute Gasteiger partial charge is 0.300 e. The Balaban J connectivity index is 1.35. The van der Waals surface area contributed by atoms with E-state index in [0.717, 1.165) is 23.4 Å². The van der Waals surface area contributed by atoms with E-state index >= 15 is 0 Å². The van der Waals surface area contributed by atoms with Gasteiger partial charge in [-0.1, -0.05) is 41.2 Å². The summed E-state index contributed by atoms with van der Waals surface area (Å²) in [6, 6.07) is 8.37. The van der Waals surface area contributed by atoms with Crippen LogP contribution in [0, 0.1) is 12.8 Å². The average molecular weight is 353 g/mol. The molecule has 0 spiro atoms. The second kappa shape index (κ2) is 6.40. The van der Waals surface area contributed by atoms with E-state index < -0.39 is 0 Å². The fraction of sp³-hybridized carbons (Fsp3) is 0.333. The van der Waals surface area contributed by atoms with Crippen molar-refractivity contribution in [2.24, 2.45) is 13.0 Å². The van der Waals surface area contributed by atoms with Crippen LogP contribution in [0.5, 0.6) is 0 Å². The summed E-state index contributed by atoms with van der Waals surface area (Å²) in [4.78, 5) is 12.4. The second-order valence-corrected chi connectivity index (χ2v) is 7.61. The molecule has 2 aromatic heterocycles. The van der Waals surface area contributed by atoms with Crippen LogP contribution in [0.15, 0.2) is 36.7 Å². The SMILES string of the molecule is Cc1ccc(Cc2nnc(NC(=O)C3CC3c3cnn(C)c3)s2)cc1. The maximum Gasteiger partial charge on any atom is 0.229 e. The molecular weight excluding hydrogens is 334 g/mol. The van der Waals surface area contributed by atoms with Gasteiger partial charge in [0.25, 0.3) is 0 Å². The number of rotatable bonds is 5. The molecule has 1 N–H and O–H groups in total. The molecule has 1 amide bonds. The maximum atomic E-state index is 12.4. The Morgan fingerprint density at radius 1 is 1.32 bits per heavy atom. The van der Waals surface area contributed by atoms with Crippen molar-refractivity contribution < 1.29 is 4.79 Å². The first kappa shape index (κ1) is 16.0. The minimum absolute atomic E-state index is 0.00801. The van der Waals surface area contributed by atoms with E-state index in [1.54, 1.807) is 4.68 Å². The molecule has 7 heteroatoms. The molecule has 6 nitrogen and oxygen atoms in total. The van der Waals surface area contributed by atoms with Gasteiger partial charge < -0.3 is 5.32 Å². The zero-order chi connectivity index (χ0) is 17.4. The third-order valence-corrected chi connectivity index (χ3v) is 5.29. The van der Waals surface area contributed by atoms with Crippen molar-refractivity contribution in [2.45, 2.75) is 25.7 Å². The van der Waals surface area contributed by atoms with E-state index in [4.69, 9.17) is 0 Å². The molecule has 0 saturated heterocycles. The number of nitrogens with zero attached hydrogens (tertiary/aromatic N) is 4. The average Bonchev–Trinajstić information content (AvgIpc) is 3.10. The van der Waals surface area contributed by atoms with Crippen molar-refractivity contribution in [3.8, 4) is 0 Å². The summed E-state index contributed by atoms with van der Waals surface area (Å²) < 4.78 is 1.77. The number of benzene rings is 1. The van der Waals surface area contributed by atoms with E-state index in [9.17, 15) is 4.79 Å². The molecule has 2 atom stereocenters. The lowest BCUT2D eigenvalue weighted by Crippen LogP contribution is -2.14. The Kier molecular flexibility index (Phi) is 4.09. The zero-order valence-corrected chi connectivity index (χ0v) is 15.0. The summed E-state index contributed by atoms with van der Waals surface area (Å²) >= 11 is 1.44. The smallest absolute Gasteiger partial charge is 0.229 e. The lowest BCUT2D eigenvalue weighted by molar-refractivity contribution is -0.117. The standard InChI is InChI=1S/C18H19N5OS/c1-11-3-5-12(6-4-11)7-16-21-22-18(25-16)20-17(24)15-8-14(15)13-9-19-23(2)10-13/h3-6,9-10,14-15H,7-8H2,1-2H3,(H,20,22,24). The Morgan fingerprint density at radius 2 is 2.12 bits per heavy atom. The van der Waals surface area contributed by atoms with E-state index in [1.165, 1.54) is 22.5 Å². The summed E-state index contributed by atoms with van der Waals surface area (Å²) in [5.41, 5.74) is 3.56. The molecule has 4 rings (SSSR count). The number of nitrogens with one attached hydrogen (secondary N) is 1. The molecule has 128 valence electrons. The summed E-state index contributed by atoms with van der Waals surface area (Å²) in [5.74, 6) is 0.300. The van der Waals surface area contributed by atoms with E-state index in [0.29, 0.717) is 5.13 Å². The number of anilines is 1. The molecule has 25 heavy (non-hydrogen) atoms. The lowest BCUT2D eigenvalue weighted by atomic mass is 10.1. The van der Waals surface area contributed by atoms with Gasteiger partial charge in [0, 0.05) is 25.6 Å². The number of hydrogen-bond acceptors (Lipinski definition) is 5. The van der Waals surface area contributed by atoms with E-state index in [1.807, 2.05) is 19.4 Å². The monoisotopic (exact) mass is 353 g/mol. The molecule has 1 saturated carbocycles. The third kappa shape index (κ3) is 3.61. The molecule has 2 unspecified atom stereocenters. The van der Waals surface area contributed by atoms with Crippen molar-refractivity contribution >= 4 is 22.4 Å². The first-order chi connectivity index (χ1) is 12.1. The van der Waals surface area contributed by atoms with Crippen LogP contribution in [-0.4, -0.2) is 25.9 Å². The van der Waals surface area contributed by atoms with Crippen LogP contribution in [0.4, 0.5) is 5.13 Å². The lowest BCUT2D eigenvalue weighted by Gasteiger charge is -1.99. The number of carbonyl (C=O) groups is 1. The highest BCUT2D eigenvalue weighted by Gasteiger charge is 2.44. The number of aryl methyl sites for hydroxylation is 2. The van der Waals surface area contributed by atoms with Crippen molar-refractivity contribution in [2.75, 3.05) is 5.32 Å². The summed E-state index contributed by atoms with van der Waals surface area (Å²) in [7, 11) is 1.89. The Bertz CT molecular complexity index is 898. The van der Waals surface area contributed by atoms with E-state index in [2.05, 4.69) is 51.8 Å². The molecular formula is C18H19N5OS. The van der Waals surface area contributed by atoms with Crippen LogP contribution < -0.4 is 5.32 Å². The van der Waals surface area contributed by atoms with Gasteiger partial charge in [0.1, 0.15) is 5.01 Å². The summed E-state index contributed by atoms with van der Waals surface area (Å²) in [6.45, 7) is 2.07. The van der Waals surface area contributed by atoms with Gasteiger partial charge in [-0.15, -0.1) is 10.2 Å². The van der Waals surface area contributed by atoms with Crippen LogP contribution in [0.1, 0.15) is 34.0 Å². The van der Waals surface area contributed by atoms with Gasteiger partial charge in [-0.3, -0.25) is 9.48 Å². The molecule has 0 bridgehead atoms. The first-order valence-corrected chi connectivity index (χ1v) is 9.07. The molecule has 3 aromatic rings. The van der Waals surface area contributed by atoms with Gasteiger partial charge in [-0.25, -0.2) is 0 Å². The van der Waals surface area contributed by atoms with Gasteiger partial charge in [0.05, 0.1) is 6.20 Å². The first-order valence-electron chi connectivity index (χ1n) is 8.26. The normalized spacial score (nSPS) is 19.0.